The molecule has 1 fully saturated rings. The molecule has 8 nitrogen and oxygen atoms in total. The first-order chi connectivity index (χ1) is 12.7. The summed E-state index contributed by atoms with van der Waals surface area (Å²) in [5.74, 6) is 1.82. The first-order valence-corrected chi connectivity index (χ1v) is 8.73. The summed E-state index contributed by atoms with van der Waals surface area (Å²) in [7, 11) is 0. The zero-order valence-electron chi connectivity index (χ0n) is 14.6. The molecule has 0 atom stereocenters. The molecule has 1 aromatic carbocycles. The van der Waals surface area contributed by atoms with Gasteiger partial charge >= 0.3 is 0 Å². The number of benzene rings is 1. The van der Waals surface area contributed by atoms with Crippen molar-refractivity contribution < 1.29 is 14.3 Å². The zero-order chi connectivity index (χ0) is 17.9. The summed E-state index contributed by atoms with van der Waals surface area (Å²) in [6.07, 6.45) is 3.13. The fourth-order valence-electron chi connectivity index (χ4n) is 3.06. The second-order valence-electron chi connectivity index (χ2n) is 6.21. The van der Waals surface area contributed by atoms with Crippen molar-refractivity contribution in [3.8, 4) is 11.5 Å². The largest absolute Gasteiger partial charge is 0.454 e. The Morgan fingerprint density at radius 3 is 2.58 bits per heavy atom. The number of carbonyl (C=O) groups excluding carboxylic acids is 1. The molecule has 2 aliphatic rings. The van der Waals surface area contributed by atoms with Gasteiger partial charge in [-0.2, -0.15) is 0 Å². The van der Waals surface area contributed by atoms with Gasteiger partial charge < -0.3 is 24.6 Å². The number of piperazine rings is 1. The van der Waals surface area contributed by atoms with E-state index in [1.54, 1.807) is 12.4 Å². The molecule has 2 aromatic rings. The maximum atomic E-state index is 12.6. The molecule has 4 rings (SSSR count). The van der Waals surface area contributed by atoms with Crippen LogP contribution in [0.25, 0.3) is 0 Å². The maximum Gasteiger partial charge on any atom is 0.257 e. The van der Waals surface area contributed by atoms with Crippen LogP contribution in [0.15, 0.2) is 30.6 Å². The molecule has 0 unspecified atom stereocenters. The van der Waals surface area contributed by atoms with Crippen LogP contribution in [0.3, 0.4) is 0 Å². The first kappa shape index (κ1) is 16.6. The molecule has 2 aliphatic heterocycles. The fourth-order valence-corrected chi connectivity index (χ4v) is 3.06. The van der Waals surface area contributed by atoms with Gasteiger partial charge in [0.25, 0.3) is 5.91 Å². The number of hydrogen-bond donors (Lipinski definition) is 1. The summed E-state index contributed by atoms with van der Waals surface area (Å²) in [4.78, 5) is 25.3. The van der Waals surface area contributed by atoms with E-state index >= 15 is 0 Å². The molecule has 1 N–H and O–H groups in total. The van der Waals surface area contributed by atoms with Gasteiger partial charge in [0.15, 0.2) is 11.5 Å². The Bertz CT molecular complexity index is 788. The first-order valence-electron chi connectivity index (χ1n) is 8.73. The quantitative estimate of drug-likeness (QED) is 0.894. The molecule has 1 amide bonds. The standard InChI is InChI=1S/C18H21N5O3/c1-2-22-5-7-23(8-6-22)17(24)13-10-19-18(20-11-13)21-14-3-4-15-16(9-14)26-12-25-15/h3-4,9-11H,2,5-8,12H2,1H3,(H,19,20,21). The van der Waals surface area contributed by atoms with E-state index in [2.05, 4.69) is 27.1 Å². The number of anilines is 2. The molecule has 1 saturated heterocycles. The minimum atomic E-state index is -0.0182. The average molecular weight is 355 g/mol. The van der Waals surface area contributed by atoms with Crippen molar-refractivity contribution >= 4 is 17.5 Å². The van der Waals surface area contributed by atoms with Gasteiger partial charge in [-0.1, -0.05) is 6.92 Å². The summed E-state index contributed by atoms with van der Waals surface area (Å²) in [6, 6.07) is 5.53. The lowest BCUT2D eigenvalue weighted by Crippen LogP contribution is -2.48. The molecular formula is C18H21N5O3. The van der Waals surface area contributed by atoms with Crippen LogP contribution < -0.4 is 14.8 Å². The lowest BCUT2D eigenvalue weighted by Gasteiger charge is -2.33. The predicted octanol–water partition coefficient (Wildman–Crippen LogP) is 1.73. The van der Waals surface area contributed by atoms with Crippen LogP contribution in [-0.2, 0) is 0 Å². The Labute approximate surface area is 151 Å². The van der Waals surface area contributed by atoms with E-state index in [9.17, 15) is 4.79 Å². The number of nitrogens with one attached hydrogen (secondary N) is 1. The average Bonchev–Trinajstić information content (AvgIpc) is 3.16. The second kappa shape index (κ2) is 7.17. The van der Waals surface area contributed by atoms with E-state index < -0.39 is 0 Å². The number of ether oxygens (including phenoxy) is 2. The number of rotatable bonds is 4. The van der Waals surface area contributed by atoms with Gasteiger partial charge in [0, 0.05) is 50.3 Å². The van der Waals surface area contributed by atoms with Gasteiger partial charge in [-0.25, -0.2) is 9.97 Å². The zero-order valence-corrected chi connectivity index (χ0v) is 14.6. The number of amides is 1. The third-order valence-corrected chi connectivity index (χ3v) is 4.63. The SMILES string of the molecule is CCN1CCN(C(=O)c2cnc(Nc3ccc4c(c3)OCO4)nc2)CC1. The summed E-state index contributed by atoms with van der Waals surface area (Å²) >= 11 is 0. The predicted molar refractivity (Wildman–Crippen MR) is 95.9 cm³/mol. The van der Waals surface area contributed by atoms with E-state index in [0.29, 0.717) is 17.3 Å². The Morgan fingerprint density at radius 2 is 1.85 bits per heavy atom. The van der Waals surface area contributed by atoms with Crippen LogP contribution in [0, 0.1) is 0 Å². The lowest BCUT2D eigenvalue weighted by atomic mass is 10.2. The number of likely N-dealkylation sites (N-methyl/N-ethyl adjacent to an activating group) is 1. The van der Waals surface area contributed by atoms with Crippen molar-refractivity contribution in [3.63, 3.8) is 0 Å². The third kappa shape index (κ3) is 3.41. The molecule has 0 aliphatic carbocycles. The van der Waals surface area contributed by atoms with Gasteiger partial charge in [-0.15, -0.1) is 0 Å². The normalized spacial score (nSPS) is 16.6. The third-order valence-electron chi connectivity index (χ3n) is 4.63. The lowest BCUT2D eigenvalue weighted by molar-refractivity contribution is 0.0642. The molecule has 26 heavy (non-hydrogen) atoms. The van der Waals surface area contributed by atoms with Crippen molar-refractivity contribution in [2.24, 2.45) is 0 Å². The highest BCUT2D eigenvalue weighted by molar-refractivity contribution is 5.93. The minimum absolute atomic E-state index is 0.0182. The van der Waals surface area contributed by atoms with Crippen LogP contribution >= 0.6 is 0 Å². The summed E-state index contributed by atoms with van der Waals surface area (Å²) in [6.45, 7) is 6.69. The Morgan fingerprint density at radius 1 is 1.12 bits per heavy atom. The summed E-state index contributed by atoms with van der Waals surface area (Å²) < 4.78 is 10.6. The van der Waals surface area contributed by atoms with Crippen molar-refractivity contribution in [2.75, 3.05) is 44.8 Å². The van der Waals surface area contributed by atoms with Crippen LogP contribution in [0.1, 0.15) is 17.3 Å². The molecule has 3 heterocycles. The Hall–Kier alpha value is -2.87. The van der Waals surface area contributed by atoms with Gasteiger partial charge in [-0.05, 0) is 18.7 Å². The molecule has 0 bridgehead atoms. The molecule has 0 spiro atoms. The maximum absolute atomic E-state index is 12.6. The van der Waals surface area contributed by atoms with Crippen LogP contribution in [0.4, 0.5) is 11.6 Å². The molecule has 1 aromatic heterocycles. The van der Waals surface area contributed by atoms with E-state index in [-0.39, 0.29) is 12.7 Å². The van der Waals surface area contributed by atoms with E-state index in [1.165, 1.54) is 0 Å². The summed E-state index contributed by atoms with van der Waals surface area (Å²) in [5.41, 5.74) is 1.30. The highest BCUT2D eigenvalue weighted by Gasteiger charge is 2.22. The molecule has 136 valence electrons. The molecule has 0 saturated carbocycles. The molecule has 8 heteroatoms. The highest BCUT2D eigenvalue weighted by Crippen LogP contribution is 2.34. The number of nitrogens with zero attached hydrogens (tertiary/aromatic N) is 4. The van der Waals surface area contributed by atoms with Crippen molar-refractivity contribution in [1.29, 1.82) is 0 Å². The minimum Gasteiger partial charge on any atom is -0.454 e. The highest BCUT2D eigenvalue weighted by atomic mass is 16.7. The van der Waals surface area contributed by atoms with Gasteiger partial charge in [0.1, 0.15) is 0 Å². The number of fused-ring (bicyclic) bond motifs is 1. The van der Waals surface area contributed by atoms with Crippen molar-refractivity contribution in [1.82, 2.24) is 19.8 Å². The molecule has 0 radical (unpaired) electrons. The van der Waals surface area contributed by atoms with Crippen LogP contribution in [-0.4, -0.2) is 65.2 Å². The van der Waals surface area contributed by atoms with Gasteiger partial charge in [0.05, 0.1) is 5.56 Å². The summed E-state index contributed by atoms with van der Waals surface area (Å²) in [5, 5.41) is 3.10. The second-order valence-corrected chi connectivity index (χ2v) is 6.21. The van der Waals surface area contributed by atoms with Crippen LogP contribution in [0.5, 0.6) is 11.5 Å². The van der Waals surface area contributed by atoms with E-state index in [1.807, 2.05) is 23.1 Å². The fraction of sp³-hybridized carbons (Fsp3) is 0.389. The topological polar surface area (TPSA) is 79.8 Å². The van der Waals surface area contributed by atoms with Gasteiger partial charge in [0.2, 0.25) is 12.7 Å². The smallest absolute Gasteiger partial charge is 0.257 e. The number of aromatic nitrogens is 2. The van der Waals surface area contributed by atoms with Crippen LogP contribution in [0.2, 0.25) is 0 Å². The molecular weight excluding hydrogens is 334 g/mol. The Balaban J connectivity index is 1.39. The van der Waals surface area contributed by atoms with Crippen molar-refractivity contribution in [3.05, 3.63) is 36.2 Å². The number of hydrogen-bond acceptors (Lipinski definition) is 7. The van der Waals surface area contributed by atoms with Gasteiger partial charge in [-0.3, -0.25) is 4.79 Å². The van der Waals surface area contributed by atoms with E-state index in [4.69, 9.17) is 9.47 Å². The van der Waals surface area contributed by atoms with E-state index in [0.717, 1.165) is 44.2 Å². The monoisotopic (exact) mass is 355 g/mol. The Kier molecular flexibility index (Phi) is 4.57. The number of carbonyl (C=O) groups is 1. The van der Waals surface area contributed by atoms with Crippen molar-refractivity contribution in [2.45, 2.75) is 6.92 Å².